The Morgan fingerprint density at radius 3 is 1.64 bits per heavy atom. The Morgan fingerprint density at radius 1 is 0.400 bits per heavy atom. The number of furan rings is 2. The fourth-order valence-corrected chi connectivity index (χ4v) is 13.7. The van der Waals surface area contributed by atoms with Crippen molar-refractivity contribution in [1.82, 2.24) is 0 Å². The Kier molecular flexibility index (Phi) is 8.50. The van der Waals surface area contributed by atoms with Crippen molar-refractivity contribution in [2.45, 2.75) is 90.4 Å². The molecule has 2 heterocycles. The summed E-state index contributed by atoms with van der Waals surface area (Å²) < 4.78 is 13.8. The highest BCUT2D eigenvalue weighted by atomic mass is 16.3. The van der Waals surface area contributed by atoms with Gasteiger partial charge >= 0.3 is 0 Å². The average molecular weight is 905 g/mol. The molecule has 0 radical (unpaired) electrons. The van der Waals surface area contributed by atoms with Gasteiger partial charge in [-0.05, 0) is 134 Å². The number of para-hydroxylation sites is 2. The van der Waals surface area contributed by atoms with Crippen LogP contribution in [-0.4, -0.2) is 0 Å². The largest absolute Gasteiger partial charge is 0.455 e. The molecule has 9 aromatic carbocycles. The average Bonchev–Trinajstić information content (AvgIpc) is 4.10. The molecule has 0 N–H and O–H groups in total. The third-order valence-electron chi connectivity index (χ3n) is 17.2. The van der Waals surface area contributed by atoms with Crippen molar-refractivity contribution in [3.63, 3.8) is 0 Å². The number of rotatable bonds is 6. The van der Waals surface area contributed by atoms with Gasteiger partial charge in [0.25, 0.3) is 0 Å². The van der Waals surface area contributed by atoms with E-state index in [1.54, 1.807) is 0 Å². The normalized spacial score (nSPS) is 15.8. The summed E-state index contributed by atoms with van der Waals surface area (Å²) in [6.07, 6.45) is 1.86. The summed E-state index contributed by atoms with van der Waals surface area (Å²) in [5.41, 5.74) is 28.6. The van der Waals surface area contributed by atoms with E-state index in [-0.39, 0.29) is 22.2 Å². The molecule has 0 saturated heterocycles. The van der Waals surface area contributed by atoms with Gasteiger partial charge in [0.05, 0.1) is 0 Å². The van der Waals surface area contributed by atoms with Gasteiger partial charge in [-0.15, -0.1) is 0 Å². The molecule has 0 saturated carbocycles. The van der Waals surface area contributed by atoms with Crippen molar-refractivity contribution in [3.05, 3.63) is 225 Å². The van der Waals surface area contributed by atoms with Crippen molar-refractivity contribution >= 4 is 43.9 Å². The zero-order valence-corrected chi connectivity index (χ0v) is 41.4. The first-order chi connectivity index (χ1) is 33.8. The smallest absolute Gasteiger partial charge is 0.144 e. The highest BCUT2D eigenvalue weighted by Crippen LogP contribution is 2.63. The van der Waals surface area contributed by atoms with E-state index >= 15 is 0 Å². The van der Waals surface area contributed by atoms with Crippen LogP contribution in [0, 0.1) is 13.8 Å². The Labute approximate surface area is 410 Å². The van der Waals surface area contributed by atoms with E-state index in [1.807, 2.05) is 0 Å². The zero-order chi connectivity index (χ0) is 47.6. The fourth-order valence-electron chi connectivity index (χ4n) is 13.7. The van der Waals surface area contributed by atoms with Crippen LogP contribution in [0.3, 0.4) is 0 Å². The van der Waals surface area contributed by atoms with Crippen LogP contribution in [-0.2, 0) is 29.1 Å². The topological polar surface area (TPSA) is 26.3 Å². The second kappa shape index (κ2) is 14.3. The van der Waals surface area contributed by atoms with Gasteiger partial charge < -0.3 is 8.83 Å². The lowest BCUT2D eigenvalue weighted by molar-refractivity contribution is 0.599. The maximum absolute atomic E-state index is 7.01. The molecule has 0 bridgehead atoms. The summed E-state index contributed by atoms with van der Waals surface area (Å²) in [6, 6.07) is 61.7. The third-order valence-corrected chi connectivity index (χ3v) is 17.2. The fraction of sp³-hybridized carbons (Fsp3) is 0.206. The van der Waals surface area contributed by atoms with Crippen LogP contribution in [0.15, 0.2) is 173 Å². The molecule has 2 aromatic heterocycles. The van der Waals surface area contributed by atoms with Crippen molar-refractivity contribution < 1.29 is 8.83 Å². The van der Waals surface area contributed by atoms with Crippen molar-refractivity contribution in [1.29, 1.82) is 0 Å². The summed E-state index contributed by atoms with van der Waals surface area (Å²) >= 11 is 0. The van der Waals surface area contributed by atoms with Gasteiger partial charge in [0.15, 0.2) is 0 Å². The molecule has 0 amide bonds. The molecule has 1 atom stereocenters. The third kappa shape index (κ3) is 5.62. The summed E-state index contributed by atoms with van der Waals surface area (Å²) in [6.45, 7) is 19.0. The Balaban J connectivity index is 0.882. The van der Waals surface area contributed by atoms with Crippen LogP contribution >= 0.6 is 0 Å². The second-order valence-corrected chi connectivity index (χ2v) is 22.5. The number of fused-ring (bicyclic) bond motifs is 19. The van der Waals surface area contributed by atoms with Gasteiger partial charge in [0, 0.05) is 48.9 Å². The van der Waals surface area contributed by atoms with Gasteiger partial charge in [-0.3, -0.25) is 0 Å². The number of hydrogen-bond acceptors (Lipinski definition) is 2. The number of hydrogen-bond donors (Lipinski definition) is 0. The molecule has 340 valence electrons. The molecule has 2 nitrogen and oxygen atoms in total. The van der Waals surface area contributed by atoms with Gasteiger partial charge in [-0.25, -0.2) is 0 Å². The molecule has 11 aromatic rings. The minimum Gasteiger partial charge on any atom is -0.455 e. The molecule has 0 spiro atoms. The van der Waals surface area contributed by atoms with E-state index in [0.29, 0.717) is 0 Å². The van der Waals surface area contributed by atoms with Crippen LogP contribution in [0.1, 0.15) is 109 Å². The minimum atomic E-state index is -0.248. The lowest BCUT2D eigenvalue weighted by Gasteiger charge is -2.31. The highest BCUT2D eigenvalue weighted by Gasteiger charge is 2.48. The van der Waals surface area contributed by atoms with Gasteiger partial charge in [-0.2, -0.15) is 0 Å². The Morgan fingerprint density at radius 2 is 0.957 bits per heavy atom. The van der Waals surface area contributed by atoms with E-state index < -0.39 is 0 Å². The monoisotopic (exact) mass is 904 g/mol. The first-order valence-electron chi connectivity index (χ1n) is 25.3. The quantitative estimate of drug-likeness (QED) is 0.166. The SMILES string of the molecule is Cc1ccc(C(Cc2ccc3c(c2)C(C)(C)c2cc(-c4cccc(C)c4)c4oc5ccccc5c4c2-3)Cc2ccc3c(c2)C(C)(C)c2c4c(c5c(oc6ccccc65)c2-3)-c2ccccc2C4(C)C)cc1. The summed E-state index contributed by atoms with van der Waals surface area (Å²) in [4.78, 5) is 0. The van der Waals surface area contributed by atoms with E-state index in [2.05, 4.69) is 219 Å². The Hall–Kier alpha value is -7.42. The second-order valence-electron chi connectivity index (χ2n) is 22.5. The van der Waals surface area contributed by atoms with Gasteiger partial charge in [-0.1, -0.05) is 198 Å². The van der Waals surface area contributed by atoms with Crippen molar-refractivity contribution in [2.24, 2.45) is 0 Å². The lowest BCUT2D eigenvalue weighted by atomic mass is 9.72. The zero-order valence-electron chi connectivity index (χ0n) is 41.4. The van der Waals surface area contributed by atoms with Crippen LogP contribution in [0.4, 0.5) is 0 Å². The van der Waals surface area contributed by atoms with Crippen LogP contribution < -0.4 is 0 Å². The maximum atomic E-state index is 7.01. The molecule has 0 fully saturated rings. The van der Waals surface area contributed by atoms with Crippen LogP contribution in [0.25, 0.3) is 88.4 Å². The predicted octanol–water partition coefficient (Wildman–Crippen LogP) is 18.3. The van der Waals surface area contributed by atoms with Crippen molar-refractivity contribution in [3.8, 4) is 44.5 Å². The van der Waals surface area contributed by atoms with Crippen LogP contribution in [0.5, 0.6) is 0 Å². The highest BCUT2D eigenvalue weighted by molar-refractivity contribution is 6.21. The van der Waals surface area contributed by atoms with E-state index in [9.17, 15) is 0 Å². The minimum absolute atomic E-state index is 0.172. The maximum Gasteiger partial charge on any atom is 0.144 e. The standard InChI is InChI=1S/C68H56O2/c1-38-24-28-42(29-25-38)44(33-40-26-30-46-52(35-40)66(3,4)54-37-50(43-17-15-16-39(2)32-43)64-59(57(46)54)48-19-10-13-22-55(48)69-64)34-41-27-31-47-53(36-41)68(7,8)63-61(47)65-60(49-20-11-14-23-56(49)70-65)58-45-18-9-12-21-51(45)67(5,6)62(58)63/h9-32,35-37,44H,33-34H2,1-8H3. The summed E-state index contributed by atoms with van der Waals surface area (Å²) in [5.74, 6) is 0.271. The molecule has 1 unspecified atom stereocenters. The number of aryl methyl sites for hydroxylation is 2. The molecular formula is C68H56O2. The predicted molar refractivity (Wildman–Crippen MR) is 292 cm³/mol. The van der Waals surface area contributed by atoms with E-state index in [0.717, 1.165) is 40.7 Å². The van der Waals surface area contributed by atoms with Crippen molar-refractivity contribution in [2.75, 3.05) is 0 Å². The van der Waals surface area contributed by atoms with Gasteiger partial charge in [0.2, 0.25) is 0 Å². The van der Waals surface area contributed by atoms with Gasteiger partial charge in [0.1, 0.15) is 22.3 Å². The molecule has 14 rings (SSSR count). The first-order valence-corrected chi connectivity index (χ1v) is 25.3. The van der Waals surface area contributed by atoms with E-state index in [1.165, 1.54) is 122 Å². The summed E-state index contributed by atoms with van der Waals surface area (Å²) in [7, 11) is 0. The molecular weight excluding hydrogens is 849 g/mol. The van der Waals surface area contributed by atoms with E-state index in [4.69, 9.17) is 8.83 Å². The molecule has 3 aliphatic carbocycles. The lowest BCUT2D eigenvalue weighted by Crippen LogP contribution is -2.24. The Bertz CT molecular complexity index is 4050. The summed E-state index contributed by atoms with van der Waals surface area (Å²) in [5, 5.41) is 4.85. The molecule has 0 aliphatic heterocycles. The number of benzene rings is 9. The first kappa shape index (κ1) is 41.5. The molecule has 2 heteroatoms. The molecule has 70 heavy (non-hydrogen) atoms. The molecule has 3 aliphatic rings. The van der Waals surface area contributed by atoms with Crippen LogP contribution in [0.2, 0.25) is 0 Å².